The number of hydrogen-bond acceptors (Lipinski definition) is 3. The zero-order valence-electron chi connectivity index (χ0n) is 7.05. The Labute approximate surface area is 73.3 Å². The molecule has 4 heteroatoms. The van der Waals surface area contributed by atoms with E-state index in [0.717, 1.165) is 6.54 Å². The molecule has 1 atom stereocenters. The highest BCUT2D eigenvalue weighted by molar-refractivity contribution is 7.80. The predicted octanol–water partition coefficient (Wildman–Crippen LogP) is 0.0304. The second-order valence-electron chi connectivity index (χ2n) is 2.29. The summed E-state index contributed by atoms with van der Waals surface area (Å²) in [5.41, 5.74) is 0. The lowest BCUT2D eigenvalue weighted by atomic mass is 10.3. The van der Waals surface area contributed by atoms with E-state index in [1.165, 1.54) is 0 Å². The number of rotatable bonds is 5. The minimum atomic E-state index is -0.0973. The molecule has 0 aromatic heterocycles. The average Bonchev–Trinajstić information content (AvgIpc) is 2.00. The minimum absolute atomic E-state index is 0.0425. The van der Waals surface area contributed by atoms with Gasteiger partial charge in [0, 0.05) is 12.3 Å². The molecular formula is C7H16N2OS. The van der Waals surface area contributed by atoms with Gasteiger partial charge >= 0.3 is 0 Å². The molecule has 0 rings (SSSR count). The summed E-state index contributed by atoms with van der Waals surface area (Å²) < 4.78 is 0. The fourth-order valence-corrected chi connectivity index (χ4v) is 0.843. The molecule has 0 aromatic carbocycles. The number of hydrogen-bond donors (Lipinski definition) is 3. The van der Waals surface area contributed by atoms with Gasteiger partial charge in [0.2, 0.25) is 5.91 Å². The van der Waals surface area contributed by atoms with Crippen molar-refractivity contribution in [2.45, 2.75) is 19.9 Å². The average molecular weight is 176 g/mol. The van der Waals surface area contributed by atoms with Gasteiger partial charge in [-0.1, -0.05) is 6.92 Å². The van der Waals surface area contributed by atoms with Gasteiger partial charge in [0.15, 0.2) is 0 Å². The Kier molecular flexibility index (Phi) is 6.36. The van der Waals surface area contributed by atoms with Crippen molar-refractivity contribution in [3.63, 3.8) is 0 Å². The standard InChI is InChI=1S/C7H16N2OS/c1-3-8-6(2)7(10)9-4-5-11/h6,8,11H,3-5H2,1-2H3,(H,9,10). The van der Waals surface area contributed by atoms with E-state index >= 15 is 0 Å². The van der Waals surface area contributed by atoms with Crippen LogP contribution in [0.5, 0.6) is 0 Å². The van der Waals surface area contributed by atoms with Gasteiger partial charge in [-0.15, -0.1) is 0 Å². The van der Waals surface area contributed by atoms with Crippen molar-refractivity contribution < 1.29 is 4.79 Å². The normalized spacial score (nSPS) is 12.6. The molecule has 0 aliphatic rings. The number of amides is 1. The lowest BCUT2D eigenvalue weighted by molar-refractivity contribution is -0.122. The lowest BCUT2D eigenvalue weighted by Crippen LogP contribution is -2.42. The zero-order chi connectivity index (χ0) is 8.69. The highest BCUT2D eigenvalue weighted by Gasteiger charge is 2.08. The molecule has 0 aromatic rings. The van der Waals surface area contributed by atoms with Crippen LogP contribution in [-0.4, -0.2) is 30.8 Å². The van der Waals surface area contributed by atoms with Crippen molar-refractivity contribution in [1.29, 1.82) is 0 Å². The summed E-state index contributed by atoms with van der Waals surface area (Å²) in [7, 11) is 0. The summed E-state index contributed by atoms with van der Waals surface area (Å²) in [6, 6.07) is -0.0973. The minimum Gasteiger partial charge on any atom is -0.354 e. The number of carbonyl (C=O) groups excluding carboxylic acids is 1. The maximum Gasteiger partial charge on any atom is 0.236 e. The topological polar surface area (TPSA) is 41.1 Å². The van der Waals surface area contributed by atoms with E-state index in [-0.39, 0.29) is 11.9 Å². The largest absolute Gasteiger partial charge is 0.354 e. The lowest BCUT2D eigenvalue weighted by Gasteiger charge is -2.11. The van der Waals surface area contributed by atoms with Crippen LogP contribution < -0.4 is 10.6 Å². The zero-order valence-corrected chi connectivity index (χ0v) is 7.95. The second-order valence-corrected chi connectivity index (χ2v) is 2.74. The van der Waals surface area contributed by atoms with Gasteiger partial charge in [0.1, 0.15) is 0 Å². The van der Waals surface area contributed by atoms with Crippen LogP contribution in [0.3, 0.4) is 0 Å². The first-order valence-electron chi connectivity index (χ1n) is 3.84. The van der Waals surface area contributed by atoms with Crippen LogP contribution in [0, 0.1) is 0 Å². The molecular weight excluding hydrogens is 160 g/mol. The summed E-state index contributed by atoms with van der Waals surface area (Å²) >= 11 is 3.98. The Morgan fingerprint density at radius 1 is 1.64 bits per heavy atom. The van der Waals surface area contributed by atoms with E-state index in [4.69, 9.17) is 0 Å². The molecule has 11 heavy (non-hydrogen) atoms. The van der Waals surface area contributed by atoms with Crippen molar-refractivity contribution in [2.24, 2.45) is 0 Å². The van der Waals surface area contributed by atoms with Gasteiger partial charge in [-0.3, -0.25) is 4.79 Å². The van der Waals surface area contributed by atoms with Crippen LogP contribution in [0.25, 0.3) is 0 Å². The number of likely N-dealkylation sites (N-methyl/N-ethyl adjacent to an activating group) is 1. The summed E-state index contributed by atoms with van der Waals surface area (Å²) in [5, 5.41) is 5.76. The van der Waals surface area contributed by atoms with Gasteiger partial charge in [-0.2, -0.15) is 12.6 Å². The number of nitrogens with one attached hydrogen (secondary N) is 2. The first kappa shape index (κ1) is 10.8. The fraction of sp³-hybridized carbons (Fsp3) is 0.857. The van der Waals surface area contributed by atoms with Gasteiger partial charge in [0.05, 0.1) is 6.04 Å². The molecule has 0 fully saturated rings. The summed E-state index contributed by atoms with van der Waals surface area (Å²) in [6.45, 7) is 5.27. The van der Waals surface area contributed by atoms with Gasteiger partial charge in [-0.25, -0.2) is 0 Å². The SMILES string of the molecule is CCNC(C)C(=O)NCCS. The summed E-state index contributed by atoms with van der Waals surface area (Å²) in [6.07, 6.45) is 0. The highest BCUT2D eigenvalue weighted by Crippen LogP contribution is 1.80. The van der Waals surface area contributed by atoms with Crippen molar-refractivity contribution in [3.05, 3.63) is 0 Å². The molecule has 1 unspecified atom stereocenters. The van der Waals surface area contributed by atoms with Crippen molar-refractivity contribution in [1.82, 2.24) is 10.6 Å². The van der Waals surface area contributed by atoms with Crippen molar-refractivity contribution >= 4 is 18.5 Å². The van der Waals surface area contributed by atoms with Gasteiger partial charge < -0.3 is 10.6 Å². The monoisotopic (exact) mass is 176 g/mol. The predicted molar refractivity (Wildman–Crippen MR) is 50.0 cm³/mol. The highest BCUT2D eigenvalue weighted by atomic mass is 32.1. The van der Waals surface area contributed by atoms with E-state index in [9.17, 15) is 4.79 Å². The summed E-state index contributed by atoms with van der Waals surface area (Å²) in [4.78, 5) is 11.1. The van der Waals surface area contributed by atoms with Gasteiger partial charge in [0.25, 0.3) is 0 Å². The van der Waals surface area contributed by atoms with Crippen molar-refractivity contribution in [2.75, 3.05) is 18.8 Å². The van der Waals surface area contributed by atoms with Crippen LogP contribution in [0.4, 0.5) is 0 Å². The van der Waals surface area contributed by atoms with E-state index in [1.807, 2.05) is 13.8 Å². The molecule has 0 radical (unpaired) electrons. The molecule has 0 saturated carbocycles. The van der Waals surface area contributed by atoms with Crippen LogP contribution >= 0.6 is 12.6 Å². The van der Waals surface area contributed by atoms with E-state index in [2.05, 4.69) is 23.3 Å². The van der Waals surface area contributed by atoms with Crippen LogP contribution in [-0.2, 0) is 4.79 Å². The summed E-state index contributed by atoms with van der Waals surface area (Å²) in [5.74, 6) is 0.728. The smallest absolute Gasteiger partial charge is 0.236 e. The third-order valence-electron chi connectivity index (χ3n) is 1.31. The maximum atomic E-state index is 11.1. The van der Waals surface area contributed by atoms with Crippen LogP contribution in [0.2, 0.25) is 0 Å². The number of carbonyl (C=O) groups is 1. The Balaban J connectivity index is 3.47. The van der Waals surface area contributed by atoms with E-state index in [1.54, 1.807) is 0 Å². The second kappa shape index (κ2) is 6.49. The molecule has 0 aliphatic carbocycles. The Hall–Kier alpha value is -0.220. The fourth-order valence-electron chi connectivity index (χ4n) is 0.731. The van der Waals surface area contributed by atoms with Crippen LogP contribution in [0.15, 0.2) is 0 Å². The third-order valence-corrected chi connectivity index (χ3v) is 1.54. The molecule has 0 bridgehead atoms. The van der Waals surface area contributed by atoms with Crippen molar-refractivity contribution in [3.8, 4) is 0 Å². The quantitative estimate of drug-likeness (QED) is 0.517. The third kappa shape index (κ3) is 5.09. The molecule has 0 spiro atoms. The first-order valence-corrected chi connectivity index (χ1v) is 4.47. The Morgan fingerprint density at radius 3 is 2.73 bits per heavy atom. The maximum absolute atomic E-state index is 11.1. The molecule has 2 N–H and O–H groups in total. The molecule has 3 nitrogen and oxygen atoms in total. The Bertz CT molecular complexity index is 119. The molecule has 0 heterocycles. The van der Waals surface area contributed by atoms with Crippen LogP contribution in [0.1, 0.15) is 13.8 Å². The van der Waals surface area contributed by atoms with E-state index in [0.29, 0.717) is 12.3 Å². The molecule has 66 valence electrons. The molecule has 1 amide bonds. The first-order chi connectivity index (χ1) is 5.22. The Morgan fingerprint density at radius 2 is 2.27 bits per heavy atom. The number of thiol groups is 1. The van der Waals surface area contributed by atoms with E-state index < -0.39 is 0 Å². The molecule has 0 aliphatic heterocycles. The molecule has 0 saturated heterocycles. The van der Waals surface area contributed by atoms with Gasteiger partial charge in [-0.05, 0) is 13.5 Å².